The number of hydrogen-bond donors (Lipinski definition) is 0. The summed E-state index contributed by atoms with van der Waals surface area (Å²) in [5.74, 6) is 0. The molecule has 0 N–H and O–H groups in total. The Morgan fingerprint density at radius 1 is 1.00 bits per heavy atom. The molecule has 0 saturated carbocycles. The number of unbranched alkanes of at least 4 members (excludes halogenated alkanes) is 2. The molecule has 0 aromatic rings. The number of hydrogen-bond acceptors (Lipinski definition) is 0. The van der Waals surface area contributed by atoms with E-state index in [1.807, 2.05) is 6.92 Å². The van der Waals surface area contributed by atoms with Gasteiger partial charge in [0.05, 0.1) is 5.41 Å². The van der Waals surface area contributed by atoms with Crippen molar-refractivity contribution in [2.45, 2.75) is 52.6 Å². The van der Waals surface area contributed by atoms with Gasteiger partial charge in [-0.2, -0.15) is 13.2 Å². The molecule has 0 heterocycles. The zero-order valence-corrected chi connectivity index (χ0v) is 7.96. The Labute approximate surface area is 72.2 Å². The van der Waals surface area contributed by atoms with Crippen LogP contribution in [0.3, 0.4) is 0 Å². The monoisotopic (exact) mass is 182 g/mol. The lowest BCUT2D eigenvalue weighted by molar-refractivity contribution is -0.214. The smallest absolute Gasteiger partial charge is 0.171 e. The largest absolute Gasteiger partial charge is 0.393 e. The second kappa shape index (κ2) is 4.15. The summed E-state index contributed by atoms with van der Waals surface area (Å²) in [6.07, 6.45) is -1.29. The van der Waals surface area contributed by atoms with Crippen molar-refractivity contribution in [3.05, 3.63) is 0 Å². The van der Waals surface area contributed by atoms with Crippen LogP contribution in [0.1, 0.15) is 46.5 Å². The number of halogens is 3. The summed E-state index contributed by atoms with van der Waals surface area (Å²) in [5, 5.41) is 0. The third-order valence-electron chi connectivity index (χ3n) is 2.17. The molecule has 0 aromatic carbocycles. The maximum Gasteiger partial charge on any atom is 0.393 e. The average Bonchev–Trinajstić information content (AvgIpc) is 1.85. The molecule has 0 aliphatic rings. The van der Waals surface area contributed by atoms with Crippen LogP contribution in [0.25, 0.3) is 0 Å². The predicted octanol–water partition coefficient (Wildman–Crippen LogP) is 4.16. The van der Waals surface area contributed by atoms with Gasteiger partial charge in [-0.15, -0.1) is 0 Å². The van der Waals surface area contributed by atoms with Crippen molar-refractivity contribution >= 4 is 0 Å². The van der Waals surface area contributed by atoms with E-state index in [4.69, 9.17) is 0 Å². The number of rotatable bonds is 4. The SMILES string of the molecule is CCCCCC(C)(C)C(F)(F)F. The minimum atomic E-state index is -4.05. The van der Waals surface area contributed by atoms with E-state index in [2.05, 4.69) is 0 Å². The quantitative estimate of drug-likeness (QED) is 0.573. The molecule has 0 rings (SSSR count). The summed E-state index contributed by atoms with van der Waals surface area (Å²) < 4.78 is 36.8. The molecule has 0 nitrogen and oxygen atoms in total. The molecule has 0 aromatic heterocycles. The van der Waals surface area contributed by atoms with Gasteiger partial charge < -0.3 is 0 Å². The third kappa shape index (κ3) is 3.46. The topological polar surface area (TPSA) is 0 Å². The standard InChI is InChI=1S/C9H17F3/c1-4-5-6-7-8(2,3)9(10,11)12/h4-7H2,1-3H3. The normalized spacial score (nSPS) is 13.5. The highest BCUT2D eigenvalue weighted by Gasteiger charge is 2.46. The third-order valence-corrected chi connectivity index (χ3v) is 2.17. The maximum absolute atomic E-state index is 12.3. The van der Waals surface area contributed by atoms with E-state index in [-0.39, 0.29) is 6.42 Å². The molecule has 12 heavy (non-hydrogen) atoms. The predicted molar refractivity (Wildman–Crippen MR) is 44.0 cm³/mol. The van der Waals surface area contributed by atoms with Gasteiger partial charge >= 0.3 is 6.18 Å². The first-order valence-electron chi connectivity index (χ1n) is 4.38. The van der Waals surface area contributed by atoms with Gasteiger partial charge in [0.1, 0.15) is 0 Å². The Bertz CT molecular complexity index is 124. The zero-order valence-electron chi connectivity index (χ0n) is 7.96. The molecule has 0 aliphatic carbocycles. The van der Waals surface area contributed by atoms with E-state index in [9.17, 15) is 13.2 Å². The van der Waals surface area contributed by atoms with Crippen molar-refractivity contribution in [2.24, 2.45) is 5.41 Å². The van der Waals surface area contributed by atoms with Crippen LogP contribution in [0.4, 0.5) is 13.2 Å². The highest BCUT2D eigenvalue weighted by atomic mass is 19.4. The lowest BCUT2D eigenvalue weighted by atomic mass is 9.86. The van der Waals surface area contributed by atoms with Crippen LogP contribution in [0.5, 0.6) is 0 Å². The van der Waals surface area contributed by atoms with E-state index in [1.165, 1.54) is 13.8 Å². The van der Waals surface area contributed by atoms with Gasteiger partial charge in [0.2, 0.25) is 0 Å². The van der Waals surface area contributed by atoms with Gasteiger partial charge in [0, 0.05) is 0 Å². The molecule has 0 spiro atoms. The van der Waals surface area contributed by atoms with Crippen molar-refractivity contribution in [3.63, 3.8) is 0 Å². The molecule has 74 valence electrons. The fourth-order valence-corrected chi connectivity index (χ4v) is 0.959. The second-order valence-corrected chi connectivity index (χ2v) is 3.84. The highest BCUT2D eigenvalue weighted by Crippen LogP contribution is 2.41. The molecule has 0 aliphatic heterocycles. The van der Waals surface area contributed by atoms with Crippen LogP contribution in [0.2, 0.25) is 0 Å². The van der Waals surface area contributed by atoms with Crippen LogP contribution < -0.4 is 0 Å². The van der Waals surface area contributed by atoms with Gasteiger partial charge in [-0.1, -0.05) is 40.0 Å². The molecule has 0 amide bonds. The minimum Gasteiger partial charge on any atom is -0.171 e. The molecule has 0 bridgehead atoms. The minimum absolute atomic E-state index is 0.240. The van der Waals surface area contributed by atoms with E-state index in [1.54, 1.807) is 0 Å². The summed E-state index contributed by atoms with van der Waals surface area (Å²) in [6.45, 7) is 4.52. The van der Waals surface area contributed by atoms with Crippen LogP contribution >= 0.6 is 0 Å². The zero-order chi connectivity index (χ0) is 9.83. The van der Waals surface area contributed by atoms with Gasteiger partial charge in [-0.25, -0.2) is 0 Å². The van der Waals surface area contributed by atoms with Gasteiger partial charge in [-0.3, -0.25) is 0 Å². The molecule has 0 radical (unpaired) electrons. The lowest BCUT2D eigenvalue weighted by Gasteiger charge is -2.27. The summed E-state index contributed by atoms with van der Waals surface area (Å²) >= 11 is 0. The Kier molecular flexibility index (Phi) is 4.08. The van der Waals surface area contributed by atoms with Crippen LogP contribution in [-0.2, 0) is 0 Å². The first kappa shape index (κ1) is 11.8. The lowest BCUT2D eigenvalue weighted by Crippen LogP contribution is -2.31. The van der Waals surface area contributed by atoms with Gasteiger partial charge in [0.25, 0.3) is 0 Å². The van der Waals surface area contributed by atoms with Crippen LogP contribution in [0.15, 0.2) is 0 Å². The van der Waals surface area contributed by atoms with E-state index in [0.717, 1.165) is 12.8 Å². The molecule has 0 atom stereocenters. The van der Waals surface area contributed by atoms with Crippen molar-refractivity contribution in [1.29, 1.82) is 0 Å². The van der Waals surface area contributed by atoms with Crippen LogP contribution in [-0.4, -0.2) is 6.18 Å². The summed E-state index contributed by atoms with van der Waals surface area (Å²) in [6, 6.07) is 0. The Hall–Kier alpha value is -0.210. The second-order valence-electron chi connectivity index (χ2n) is 3.84. The Balaban J connectivity index is 3.88. The molecular weight excluding hydrogens is 165 g/mol. The fraction of sp³-hybridized carbons (Fsp3) is 1.00. The van der Waals surface area contributed by atoms with Crippen molar-refractivity contribution in [1.82, 2.24) is 0 Å². The molecule has 0 fully saturated rings. The van der Waals surface area contributed by atoms with E-state index >= 15 is 0 Å². The first-order valence-corrected chi connectivity index (χ1v) is 4.38. The molecule has 0 unspecified atom stereocenters. The van der Waals surface area contributed by atoms with Gasteiger partial charge in [0.15, 0.2) is 0 Å². The van der Waals surface area contributed by atoms with Crippen molar-refractivity contribution in [2.75, 3.05) is 0 Å². The Morgan fingerprint density at radius 3 is 1.83 bits per heavy atom. The maximum atomic E-state index is 12.3. The summed E-state index contributed by atoms with van der Waals surface area (Å²) in [7, 11) is 0. The first-order chi connectivity index (χ1) is 5.31. The highest BCUT2D eigenvalue weighted by molar-refractivity contribution is 4.76. The van der Waals surface area contributed by atoms with E-state index < -0.39 is 11.6 Å². The molecular formula is C9H17F3. The van der Waals surface area contributed by atoms with E-state index in [0.29, 0.717) is 6.42 Å². The van der Waals surface area contributed by atoms with Crippen LogP contribution in [0, 0.1) is 5.41 Å². The average molecular weight is 182 g/mol. The Morgan fingerprint density at radius 2 is 1.50 bits per heavy atom. The number of alkyl halides is 3. The fourth-order valence-electron chi connectivity index (χ4n) is 0.959. The summed E-state index contributed by atoms with van der Waals surface area (Å²) in [4.78, 5) is 0. The molecule has 3 heteroatoms. The molecule has 0 saturated heterocycles. The van der Waals surface area contributed by atoms with Crippen molar-refractivity contribution < 1.29 is 13.2 Å². The summed E-state index contributed by atoms with van der Waals surface area (Å²) in [5.41, 5.74) is -1.51. The van der Waals surface area contributed by atoms with Gasteiger partial charge in [-0.05, 0) is 6.42 Å². The van der Waals surface area contributed by atoms with Crippen molar-refractivity contribution in [3.8, 4) is 0 Å².